The number of hydrogen-bond acceptors (Lipinski definition) is 7. The molecule has 1 saturated heterocycles. The van der Waals surface area contributed by atoms with E-state index >= 15 is 0 Å². The number of nitrogens with one attached hydrogen (secondary N) is 1. The molecule has 1 aliphatic rings. The second kappa shape index (κ2) is 9.62. The van der Waals surface area contributed by atoms with Gasteiger partial charge in [0.1, 0.15) is 0 Å². The fourth-order valence-corrected chi connectivity index (χ4v) is 5.84. The van der Waals surface area contributed by atoms with Gasteiger partial charge in [-0.25, -0.2) is 0 Å². The average Bonchev–Trinajstić information content (AvgIpc) is 3.10. The van der Waals surface area contributed by atoms with Gasteiger partial charge in [-0.2, -0.15) is 0 Å². The van der Waals surface area contributed by atoms with Crippen LogP contribution in [-0.4, -0.2) is 40.2 Å². The monoisotopic (exact) mass is 408 g/mol. The molecule has 1 unspecified atom stereocenters. The summed E-state index contributed by atoms with van der Waals surface area (Å²) in [6.07, 6.45) is 3.85. The Morgan fingerprint density at radius 2 is 1.88 bits per heavy atom. The van der Waals surface area contributed by atoms with Crippen molar-refractivity contribution in [2.75, 3.05) is 29.1 Å². The molecule has 1 amide bonds. The van der Waals surface area contributed by atoms with Gasteiger partial charge in [-0.1, -0.05) is 41.8 Å². The summed E-state index contributed by atoms with van der Waals surface area (Å²) in [5.74, 6) is 0.962. The van der Waals surface area contributed by atoms with Gasteiger partial charge >= 0.3 is 0 Å². The maximum Gasteiger partial charge on any atom is 0.237 e. The predicted octanol–water partition coefficient (Wildman–Crippen LogP) is 4.76. The van der Waals surface area contributed by atoms with Gasteiger partial charge in [0, 0.05) is 24.5 Å². The van der Waals surface area contributed by atoms with Gasteiger partial charge in [0.25, 0.3) is 0 Å². The van der Waals surface area contributed by atoms with Crippen LogP contribution in [0.2, 0.25) is 0 Å². The summed E-state index contributed by atoms with van der Waals surface area (Å²) in [4.78, 5) is 14.9. The van der Waals surface area contributed by atoms with Crippen molar-refractivity contribution in [2.24, 2.45) is 0 Å². The number of carbonyl (C=O) groups is 1. The van der Waals surface area contributed by atoms with E-state index in [0.29, 0.717) is 0 Å². The van der Waals surface area contributed by atoms with Crippen LogP contribution in [0, 0.1) is 0 Å². The summed E-state index contributed by atoms with van der Waals surface area (Å²) in [5, 5.41) is 11.1. The summed E-state index contributed by atoms with van der Waals surface area (Å²) >= 11 is 4.67. The smallest absolute Gasteiger partial charge is 0.237 e. The van der Waals surface area contributed by atoms with Gasteiger partial charge in [0.05, 0.1) is 5.25 Å². The summed E-state index contributed by atoms with van der Waals surface area (Å²) in [5.41, 5.74) is 2.07. The van der Waals surface area contributed by atoms with E-state index in [4.69, 9.17) is 0 Å². The second-order valence-electron chi connectivity index (χ2n) is 6.11. The van der Waals surface area contributed by atoms with Crippen molar-refractivity contribution in [2.45, 2.75) is 47.0 Å². The van der Waals surface area contributed by atoms with E-state index in [1.54, 1.807) is 23.1 Å². The topological polar surface area (TPSA) is 58.1 Å². The number of piperidine rings is 1. The first-order valence-corrected chi connectivity index (χ1v) is 11.6. The molecule has 0 radical (unpaired) electrons. The van der Waals surface area contributed by atoms with Gasteiger partial charge < -0.3 is 10.2 Å². The summed E-state index contributed by atoms with van der Waals surface area (Å²) < 4.78 is 1.79. The Morgan fingerprint density at radius 3 is 2.58 bits per heavy atom. The maximum atomic E-state index is 12.4. The number of rotatable bonds is 7. The predicted molar refractivity (Wildman–Crippen MR) is 113 cm³/mol. The minimum absolute atomic E-state index is 0.0133. The van der Waals surface area contributed by atoms with E-state index in [2.05, 4.69) is 39.5 Å². The first-order chi connectivity index (χ1) is 12.7. The molecule has 1 aromatic carbocycles. The highest BCUT2D eigenvalue weighted by molar-refractivity contribution is 8.03. The van der Waals surface area contributed by atoms with Gasteiger partial charge in [0.2, 0.25) is 5.91 Å². The zero-order valence-corrected chi connectivity index (χ0v) is 17.6. The van der Waals surface area contributed by atoms with E-state index in [9.17, 15) is 4.79 Å². The molecule has 26 heavy (non-hydrogen) atoms. The Hall–Kier alpha value is -1.25. The number of hydrogen-bond donors (Lipinski definition) is 1. The standard InChI is InChI=1S/C18H24N4OS3/c1-3-24-17-20-21-18(26-17)25-13(2)16(23)19-14-7-9-15(10-8-14)22-11-5-4-6-12-22/h7-10,13H,3-6,11-12H2,1-2H3,(H,19,23). The highest BCUT2D eigenvalue weighted by Crippen LogP contribution is 2.31. The largest absolute Gasteiger partial charge is 0.372 e. The van der Waals surface area contributed by atoms with Crippen LogP contribution in [0.25, 0.3) is 0 Å². The number of aromatic nitrogens is 2. The fourth-order valence-electron chi connectivity index (χ4n) is 2.78. The molecule has 2 heterocycles. The maximum absolute atomic E-state index is 12.4. The Kier molecular flexibility index (Phi) is 7.22. The van der Waals surface area contributed by atoms with Crippen LogP contribution in [0.4, 0.5) is 11.4 Å². The van der Waals surface area contributed by atoms with Gasteiger partial charge in [-0.15, -0.1) is 10.2 Å². The lowest BCUT2D eigenvalue weighted by molar-refractivity contribution is -0.115. The molecule has 1 atom stereocenters. The third kappa shape index (κ3) is 5.37. The molecule has 1 N–H and O–H groups in total. The van der Waals surface area contributed by atoms with E-state index in [0.717, 1.165) is 33.2 Å². The molecule has 3 rings (SSSR count). The van der Waals surface area contributed by atoms with Crippen molar-refractivity contribution in [1.29, 1.82) is 0 Å². The number of carbonyl (C=O) groups excluding carboxylic acids is 1. The third-order valence-electron chi connectivity index (χ3n) is 4.16. The van der Waals surface area contributed by atoms with Gasteiger partial charge in [-0.05, 0) is 56.2 Å². The molecule has 8 heteroatoms. The lowest BCUT2D eigenvalue weighted by atomic mass is 10.1. The minimum Gasteiger partial charge on any atom is -0.372 e. The van der Waals surface area contributed by atoms with E-state index in [1.165, 1.54) is 36.7 Å². The average molecular weight is 409 g/mol. The van der Waals surface area contributed by atoms with Gasteiger partial charge in [0.15, 0.2) is 8.68 Å². The van der Waals surface area contributed by atoms with Crippen molar-refractivity contribution in [3.05, 3.63) is 24.3 Å². The van der Waals surface area contributed by atoms with E-state index in [1.807, 2.05) is 19.1 Å². The molecule has 1 fully saturated rings. The summed E-state index contributed by atoms with van der Waals surface area (Å²) in [6, 6.07) is 8.16. The zero-order valence-electron chi connectivity index (χ0n) is 15.1. The SMILES string of the molecule is CCSc1nnc(SC(C)C(=O)Nc2ccc(N3CCCCC3)cc2)s1. The highest BCUT2D eigenvalue weighted by Gasteiger charge is 2.18. The molecule has 1 aromatic heterocycles. The Morgan fingerprint density at radius 1 is 1.19 bits per heavy atom. The molecular formula is C18H24N4OS3. The molecule has 0 bridgehead atoms. The first kappa shape index (κ1) is 19.5. The van der Waals surface area contributed by atoms with Crippen molar-refractivity contribution < 1.29 is 4.79 Å². The Balaban J connectivity index is 1.52. The first-order valence-electron chi connectivity index (χ1n) is 8.94. The van der Waals surface area contributed by atoms with Crippen LogP contribution < -0.4 is 10.2 Å². The number of amides is 1. The molecule has 1 aliphatic heterocycles. The minimum atomic E-state index is -0.218. The lowest BCUT2D eigenvalue weighted by Gasteiger charge is -2.28. The molecule has 0 aliphatic carbocycles. The van der Waals surface area contributed by atoms with Crippen LogP contribution in [-0.2, 0) is 4.79 Å². The normalized spacial score (nSPS) is 15.7. The van der Waals surface area contributed by atoms with Crippen molar-refractivity contribution in [1.82, 2.24) is 10.2 Å². The van der Waals surface area contributed by atoms with Crippen LogP contribution in [0.3, 0.4) is 0 Å². The van der Waals surface area contributed by atoms with E-state index in [-0.39, 0.29) is 11.2 Å². The van der Waals surface area contributed by atoms with Crippen LogP contribution in [0.1, 0.15) is 33.1 Å². The van der Waals surface area contributed by atoms with Gasteiger partial charge in [-0.3, -0.25) is 4.79 Å². The number of nitrogens with zero attached hydrogens (tertiary/aromatic N) is 3. The molecule has 5 nitrogen and oxygen atoms in total. The zero-order chi connectivity index (χ0) is 18.4. The molecule has 0 saturated carbocycles. The second-order valence-corrected chi connectivity index (χ2v) is 10.2. The van der Waals surface area contributed by atoms with Crippen LogP contribution in [0.15, 0.2) is 32.9 Å². The third-order valence-corrected chi connectivity index (χ3v) is 7.28. The fraction of sp³-hybridized carbons (Fsp3) is 0.500. The highest BCUT2D eigenvalue weighted by atomic mass is 32.2. The number of anilines is 2. The number of benzene rings is 1. The Bertz CT molecular complexity index is 713. The summed E-state index contributed by atoms with van der Waals surface area (Å²) in [7, 11) is 0. The number of thioether (sulfide) groups is 2. The lowest BCUT2D eigenvalue weighted by Crippen LogP contribution is -2.29. The van der Waals surface area contributed by atoms with Crippen LogP contribution in [0.5, 0.6) is 0 Å². The van der Waals surface area contributed by atoms with Crippen LogP contribution >= 0.6 is 34.9 Å². The Labute approximate surface area is 167 Å². The van der Waals surface area contributed by atoms with E-state index < -0.39 is 0 Å². The molecule has 140 valence electrons. The molecule has 2 aromatic rings. The molecule has 0 spiro atoms. The van der Waals surface area contributed by atoms with Crippen molar-refractivity contribution in [3.63, 3.8) is 0 Å². The molecular weight excluding hydrogens is 384 g/mol. The quantitative estimate of drug-likeness (QED) is 0.667. The van der Waals surface area contributed by atoms with Crippen molar-refractivity contribution in [3.8, 4) is 0 Å². The van der Waals surface area contributed by atoms with Crippen molar-refractivity contribution >= 4 is 52.1 Å². The summed E-state index contributed by atoms with van der Waals surface area (Å²) in [6.45, 7) is 6.24.